The lowest BCUT2D eigenvalue weighted by Crippen LogP contribution is -2.50. The van der Waals surface area contributed by atoms with Crippen LogP contribution in [0.25, 0.3) is 0 Å². The van der Waals surface area contributed by atoms with Gasteiger partial charge in [0.05, 0.1) is 6.21 Å². The number of rotatable bonds is 7. The van der Waals surface area contributed by atoms with Crippen molar-refractivity contribution in [1.82, 2.24) is 14.8 Å². The average molecular weight is 447 g/mol. The number of carbonyl (C=O) groups is 1. The molecule has 0 radical (unpaired) electrons. The van der Waals surface area contributed by atoms with Gasteiger partial charge < -0.3 is 20.1 Å². The second kappa shape index (κ2) is 10.5. The number of aromatic nitrogens is 1. The molecule has 0 bridgehead atoms. The molecule has 168 valence electrons. The fourth-order valence-electron chi connectivity index (χ4n) is 2.92. The summed E-state index contributed by atoms with van der Waals surface area (Å²) in [5.74, 6) is 1.29. The van der Waals surface area contributed by atoms with Gasteiger partial charge in [-0.3, -0.25) is 10.3 Å². The van der Waals surface area contributed by atoms with Crippen LogP contribution in [0, 0.1) is 0 Å². The Morgan fingerprint density at radius 2 is 1.97 bits per heavy atom. The Morgan fingerprint density at radius 3 is 2.58 bits per heavy atom. The largest absolute Gasteiger partial charge is 0.492 e. The highest BCUT2D eigenvalue weighted by atomic mass is 32.1. The molecular formula is C21H30N6O3S. The van der Waals surface area contributed by atoms with Crippen LogP contribution in [0.4, 0.5) is 15.7 Å². The van der Waals surface area contributed by atoms with Crippen LogP contribution in [0.1, 0.15) is 26.3 Å². The Labute approximate surface area is 186 Å². The van der Waals surface area contributed by atoms with Crippen LogP contribution in [-0.4, -0.2) is 72.0 Å². The highest BCUT2D eigenvalue weighted by molar-refractivity contribution is 7.14. The summed E-state index contributed by atoms with van der Waals surface area (Å²) in [5.41, 5.74) is 8.91. The molecule has 31 heavy (non-hydrogen) atoms. The molecular weight excluding hydrogens is 416 g/mol. The van der Waals surface area contributed by atoms with Gasteiger partial charge in [0.15, 0.2) is 0 Å². The predicted octanol–water partition coefficient (Wildman–Crippen LogP) is 3.10. The van der Waals surface area contributed by atoms with Gasteiger partial charge in [-0.2, -0.15) is 5.10 Å². The van der Waals surface area contributed by atoms with E-state index in [0.717, 1.165) is 30.9 Å². The maximum Gasteiger partial charge on any atom is 0.410 e. The van der Waals surface area contributed by atoms with E-state index in [2.05, 4.69) is 20.4 Å². The number of hydrogen-bond donors (Lipinski definition) is 2. The second-order valence-electron chi connectivity index (χ2n) is 8.17. The quantitative estimate of drug-likeness (QED) is 0.497. The van der Waals surface area contributed by atoms with Gasteiger partial charge in [-0.25, -0.2) is 9.78 Å². The number of anilines is 2. The fraction of sp³-hybridized carbons (Fsp3) is 0.476. The van der Waals surface area contributed by atoms with Crippen molar-refractivity contribution in [3.05, 3.63) is 35.2 Å². The summed E-state index contributed by atoms with van der Waals surface area (Å²) in [6.45, 7) is 10.0. The first-order chi connectivity index (χ1) is 14.8. The van der Waals surface area contributed by atoms with Crippen LogP contribution in [0.3, 0.4) is 0 Å². The number of nitrogen functional groups attached to an aromatic ring is 1. The van der Waals surface area contributed by atoms with Crippen molar-refractivity contribution in [3.8, 4) is 5.75 Å². The molecule has 10 heteroatoms. The minimum atomic E-state index is -0.462. The van der Waals surface area contributed by atoms with Gasteiger partial charge >= 0.3 is 6.09 Å². The topological polar surface area (TPSA) is 105 Å². The van der Waals surface area contributed by atoms with E-state index in [0.29, 0.717) is 30.6 Å². The van der Waals surface area contributed by atoms with Crippen molar-refractivity contribution in [3.63, 3.8) is 0 Å². The number of ether oxygens (including phenoxy) is 2. The molecule has 0 atom stereocenters. The molecule has 1 amide bonds. The van der Waals surface area contributed by atoms with Crippen LogP contribution in [0.5, 0.6) is 5.75 Å². The summed E-state index contributed by atoms with van der Waals surface area (Å²) in [6, 6.07) is 7.72. The lowest BCUT2D eigenvalue weighted by atomic mass is 10.2. The van der Waals surface area contributed by atoms with Gasteiger partial charge in [0.25, 0.3) is 0 Å². The molecule has 9 nitrogen and oxygen atoms in total. The minimum Gasteiger partial charge on any atom is -0.492 e. The summed E-state index contributed by atoms with van der Waals surface area (Å²) in [5, 5.41) is 6.56. The Morgan fingerprint density at radius 1 is 1.26 bits per heavy atom. The van der Waals surface area contributed by atoms with E-state index in [1.54, 1.807) is 16.5 Å². The number of piperazine rings is 1. The summed E-state index contributed by atoms with van der Waals surface area (Å²) >= 11 is 1.40. The van der Waals surface area contributed by atoms with E-state index in [4.69, 9.17) is 15.2 Å². The number of nitrogens with zero attached hydrogens (tertiary/aromatic N) is 4. The summed E-state index contributed by atoms with van der Waals surface area (Å²) in [4.78, 5) is 20.3. The monoisotopic (exact) mass is 446 g/mol. The standard InChI is InChI=1S/C21H30N6O3S/c1-21(2,3)30-20(28)27-10-8-26(9-11-27)12-13-29-17-6-4-16(5-7-17)14-23-25-19-24-18(22)15-31-19/h4-7,14-15H,8-13,22H2,1-3H3,(H,24,25). The zero-order chi connectivity index (χ0) is 22.3. The minimum absolute atomic E-state index is 0.238. The third-order valence-electron chi connectivity index (χ3n) is 4.48. The van der Waals surface area contributed by atoms with Gasteiger partial charge in [-0.15, -0.1) is 11.3 Å². The number of amides is 1. The summed E-state index contributed by atoms with van der Waals surface area (Å²) in [7, 11) is 0. The van der Waals surface area contributed by atoms with Crippen molar-refractivity contribution in [2.24, 2.45) is 5.10 Å². The summed E-state index contributed by atoms with van der Waals surface area (Å²) < 4.78 is 11.3. The third kappa shape index (κ3) is 7.72. The summed E-state index contributed by atoms with van der Waals surface area (Å²) in [6.07, 6.45) is 1.48. The van der Waals surface area contributed by atoms with E-state index >= 15 is 0 Å². The molecule has 1 saturated heterocycles. The van der Waals surface area contributed by atoms with E-state index < -0.39 is 5.60 Å². The van der Waals surface area contributed by atoms with Gasteiger partial charge in [-0.05, 0) is 50.6 Å². The highest BCUT2D eigenvalue weighted by Crippen LogP contribution is 2.16. The molecule has 3 rings (SSSR count). The maximum atomic E-state index is 12.1. The SMILES string of the molecule is CC(C)(C)OC(=O)N1CCN(CCOc2ccc(C=NNc3nc(N)cs3)cc2)CC1. The third-order valence-corrected chi connectivity index (χ3v) is 5.24. The predicted molar refractivity (Wildman–Crippen MR) is 124 cm³/mol. The van der Waals surface area contributed by atoms with Crippen molar-refractivity contribution in [2.45, 2.75) is 26.4 Å². The van der Waals surface area contributed by atoms with Crippen LogP contribution in [0.2, 0.25) is 0 Å². The van der Waals surface area contributed by atoms with E-state index in [-0.39, 0.29) is 6.09 Å². The number of hydrogen-bond acceptors (Lipinski definition) is 9. The molecule has 0 unspecified atom stereocenters. The number of nitrogens with two attached hydrogens (primary N) is 1. The van der Waals surface area contributed by atoms with Gasteiger partial charge in [0, 0.05) is 38.1 Å². The smallest absolute Gasteiger partial charge is 0.410 e. The molecule has 0 saturated carbocycles. The second-order valence-corrected chi connectivity index (χ2v) is 9.03. The molecule has 2 aromatic rings. The Balaban J connectivity index is 1.34. The number of hydrazone groups is 1. The maximum absolute atomic E-state index is 12.1. The molecule has 0 spiro atoms. The van der Waals surface area contributed by atoms with E-state index in [9.17, 15) is 4.79 Å². The van der Waals surface area contributed by atoms with E-state index in [1.807, 2.05) is 45.0 Å². The van der Waals surface area contributed by atoms with Crippen molar-refractivity contribution in [2.75, 3.05) is 50.5 Å². The normalized spacial score (nSPS) is 15.3. The van der Waals surface area contributed by atoms with Crippen molar-refractivity contribution < 1.29 is 14.3 Å². The molecule has 1 aromatic heterocycles. The Hall–Kier alpha value is -2.85. The number of nitrogens with one attached hydrogen (secondary N) is 1. The van der Waals surface area contributed by atoms with Crippen LogP contribution < -0.4 is 15.9 Å². The first-order valence-corrected chi connectivity index (χ1v) is 11.1. The molecule has 1 aromatic carbocycles. The van der Waals surface area contributed by atoms with Crippen molar-refractivity contribution >= 4 is 34.6 Å². The Bertz CT molecular complexity index is 870. The number of thiazole rings is 1. The number of benzene rings is 1. The van der Waals surface area contributed by atoms with Gasteiger partial charge in [0.2, 0.25) is 5.13 Å². The zero-order valence-corrected chi connectivity index (χ0v) is 19.0. The molecule has 1 fully saturated rings. The van der Waals surface area contributed by atoms with Crippen LogP contribution in [-0.2, 0) is 4.74 Å². The average Bonchev–Trinajstić information content (AvgIpc) is 3.13. The first kappa shape index (κ1) is 22.8. The lowest BCUT2D eigenvalue weighted by Gasteiger charge is -2.35. The van der Waals surface area contributed by atoms with Crippen LogP contribution >= 0.6 is 11.3 Å². The van der Waals surface area contributed by atoms with Gasteiger partial charge in [0.1, 0.15) is 23.8 Å². The lowest BCUT2D eigenvalue weighted by molar-refractivity contribution is 0.0137. The highest BCUT2D eigenvalue weighted by Gasteiger charge is 2.25. The zero-order valence-electron chi connectivity index (χ0n) is 18.2. The molecule has 1 aliphatic heterocycles. The van der Waals surface area contributed by atoms with Crippen LogP contribution in [0.15, 0.2) is 34.7 Å². The Kier molecular flexibility index (Phi) is 7.69. The molecule has 3 N–H and O–H groups in total. The fourth-order valence-corrected chi connectivity index (χ4v) is 3.47. The van der Waals surface area contributed by atoms with Crippen molar-refractivity contribution in [1.29, 1.82) is 0 Å². The molecule has 2 heterocycles. The number of carbonyl (C=O) groups excluding carboxylic acids is 1. The first-order valence-electron chi connectivity index (χ1n) is 10.2. The van der Waals surface area contributed by atoms with Gasteiger partial charge in [-0.1, -0.05) is 0 Å². The molecule has 0 aliphatic carbocycles. The molecule has 1 aliphatic rings. The van der Waals surface area contributed by atoms with E-state index in [1.165, 1.54) is 11.3 Å².